The number of hydrogen-bond acceptors (Lipinski definition) is 4. The fourth-order valence-electron chi connectivity index (χ4n) is 4.29. The summed E-state index contributed by atoms with van der Waals surface area (Å²) >= 11 is 5.73. The van der Waals surface area contributed by atoms with E-state index in [0.29, 0.717) is 12.1 Å². The van der Waals surface area contributed by atoms with Crippen LogP contribution in [-0.2, 0) is 21.9 Å². The minimum atomic E-state index is -5.10. The summed E-state index contributed by atoms with van der Waals surface area (Å²) in [5.74, 6) is -3.12. The van der Waals surface area contributed by atoms with Gasteiger partial charge in [0.05, 0.1) is 17.3 Å². The van der Waals surface area contributed by atoms with Crippen LogP contribution in [0.25, 0.3) is 10.8 Å². The zero-order valence-corrected chi connectivity index (χ0v) is 21.3. The predicted octanol–water partition coefficient (Wildman–Crippen LogP) is 6.09. The van der Waals surface area contributed by atoms with Crippen molar-refractivity contribution in [1.82, 2.24) is 10.6 Å². The molecule has 15 heteroatoms. The lowest BCUT2D eigenvalue weighted by molar-refractivity contribution is -0.275. The highest BCUT2D eigenvalue weighted by Crippen LogP contribution is 2.50. The van der Waals surface area contributed by atoms with Crippen molar-refractivity contribution in [2.24, 2.45) is 5.16 Å². The Labute approximate surface area is 231 Å². The van der Waals surface area contributed by atoms with Gasteiger partial charge in [-0.1, -0.05) is 47.1 Å². The van der Waals surface area contributed by atoms with Gasteiger partial charge >= 0.3 is 12.4 Å². The average molecular weight is 608 g/mol. The van der Waals surface area contributed by atoms with E-state index >= 15 is 0 Å². The predicted molar refractivity (Wildman–Crippen MR) is 132 cm³/mol. The van der Waals surface area contributed by atoms with Crippen molar-refractivity contribution in [1.29, 1.82) is 0 Å². The third-order valence-corrected chi connectivity index (χ3v) is 6.55. The van der Waals surface area contributed by atoms with E-state index in [1.807, 2.05) is 0 Å². The van der Waals surface area contributed by atoms with Gasteiger partial charge in [0.25, 0.3) is 11.5 Å². The highest BCUT2D eigenvalue weighted by atomic mass is 35.5. The summed E-state index contributed by atoms with van der Waals surface area (Å²) < 4.78 is 108. The minimum Gasteiger partial charge on any atom is -0.374 e. The maximum Gasteiger partial charge on any atom is 0.435 e. The maximum atomic E-state index is 14.4. The second-order valence-electron chi connectivity index (χ2n) is 8.98. The van der Waals surface area contributed by atoms with Gasteiger partial charge < -0.3 is 15.5 Å². The van der Waals surface area contributed by atoms with Crippen LogP contribution in [0.15, 0.2) is 53.7 Å². The number of rotatable bonds is 7. The number of hydrogen-bond donors (Lipinski definition) is 2. The van der Waals surface area contributed by atoms with Crippen LogP contribution in [0.3, 0.4) is 0 Å². The van der Waals surface area contributed by atoms with Crippen LogP contribution < -0.4 is 10.6 Å². The number of halogens is 9. The Bertz CT molecular complexity index is 1540. The second-order valence-corrected chi connectivity index (χ2v) is 9.38. The number of alkyl halides is 7. The van der Waals surface area contributed by atoms with Crippen LogP contribution in [0.1, 0.15) is 33.5 Å². The Morgan fingerprint density at radius 3 is 2.32 bits per heavy atom. The molecule has 0 saturated carbocycles. The third kappa shape index (κ3) is 6.06. The van der Waals surface area contributed by atoms with Crippen molar-refractivity contribution in [3.05, 3.63) is 81.6 Å². The van der Waals surface area contributed by atoms with E-state index < -0.39 is 77.9 Å². The largest absolute Gasteiger partial charge is 0.435 e. The molecule has 0 bridgehead atoms. The highest BCUT2D eigenvalue weighted by Gasteiger charge is 2.62. The van der Waals surface area contributed by atoms with Gasteiger partial charge in [0.15, 0.2) is 0 Å². The van der Waals surface area contributed by atoms with Crippen LogP contribution in [0, 0.1) is 5.82 Å². The molecule has 41 heavy (non-hydrogen) atoms. The first-order chi connectivity index (χ1) is 19.2. The van der Waals surface area contributed by atoms with Crippen molar-refractivity contribution < 1.29 is 49.5 Å². The summed E-state index contributed by atoms with van der Waals surface area (Å²) in [6, 6.07) is 9.93. The van der Waals surface area contributed by atoms with E-state index in [2.05, 4.69) is 10.5 Å². The second kappa shape index (κ2) is 11.1. The number of oxime groups is 1. The quantitative estimate of drug-likeness (QED) is 0.319. The minimum absolute atomic E-state index is 0.0209. The standard InChI is InChI=1S/C26H18ClF8N3O3/c27-19-8-14(7-13(10-28)22(19)29)24(26(33,34)35)9-20(38-41-24)17-5-6-18(16-4-2-1-3-15(16)17)23(40)36-11-21(39)37-12-25(30,31)32/h1-8H,9-12H2,(H,36,40)(H,37,39). The number of amides is 2. The molecule has 0 aromatic heterocycles. The fraction of sp³-hybridized carbons (Fsp3) is 0.269. The van der Waals surface area contributed by atoms with Gasteiger partial charge in [-0.05, 0) is 29.0 Å². The van der Waals surface area contributed by atoms with Crippen molar-refractivity contribution in [3.63, 3.8) is 0 Å². The van der Waals surface area contributed by atoms with Gasteiger partial charge in [0, 0.05) is 28.7 Å². The summed E-state index contributed by atoms with van der Waals surface area (Å²) in [5.41, 5.74) is -4.55. The molecule has 2 N–H and O–H groups in total. The molecule has 3 aromatic carbocycles. The number of nitrogens with one attached hydrogen (secondary N) is 2. The molecule has 0 fully saturated rings. The van der Waals surface area contributed by atoms with Crippen LogP contribution in [-0.4, -0.2) is 43.0 Å². The average Bonchev–Trinajstić information content (AvgIpc) is 3.38. The molecule has 1 aliphatic heterocycles. The van der Waals surface area contributed by atoms with Gasteiger partial charge in [-0.25, -0.2) is 8.78 Å². The van der Waals surface area contributed by atoms with E-state index in [1.54, 1.807) is 11.4 Å². The van der Waals surface area contributed by atoms with Crippen LogP contribution in [0.4, 0.5) is 35.1 Å². The summed E-state index contributed by atoms with van der Waals surface area (Å²) in [6.45, 7) is -3.76. The Balaban J connectivity index is 1.64. The summed E-state index contributed by atoms with van der Waals surface area (Å²) in [4.78, 5) is 29.4. The van der Waals surface area contributed by atoms with Gasteiger partial charge in [-0.15, -0.1) is 0 Å². The molecule has 6 nitrogen and oxygen atoms in total. The molecule has 1 unspecified atom stereocenters. The summed E-state index contributed by atoms with van der Waals surface area (Å²) in [7, 11) is 0. The fourth-order valence-corrected chi connectivity index (χ4v) is 4.53. The molecule has 1 atom stereocenters. The maximum absolute atomic E-state index is 14.4. The third-order valence-electron chi connectivity index (χ3n) is 6.27. The van der Waals surface area contributed by atoms with E-state index in [4.69, 9.17) is 16.4 Å². The molecule has 0 radical (unpaired) electrons. The monoisotopic (exact) mass is 607 g/mol. The van der Waals surface area contributed by atoms with Crippen LogP contribution in [0.2, 0.25) is 5.02 Å². The van der Waals surface area contributed by atoms with Crippen LogP contribution in [0.5, 0.6) is 0 Å². The number of benzene rings is 3. The van der Waals surface area contributed by atoms with Gasteiger partial charge in [0.1, 0.15) is 19.0 Å². The van der Waals surface area contributed by atoms with E-state index in [0.717, 1.165) is 0 Å². The number of nitrogens with zero attached hydrogens (tertiary/aromatic N) is 1. The first-order valence-corrected chi connectivity index (χ1v) is 12.0. The lowest BCUT2D eigenvalue weighted by Gasteiger charge is -2.30. The lowest BCUT2D eigenvalue weighted by Crippen LogP contribution is -2.42. The summed E-state index contributed by atoms with van der Waals surface area (Å²) in [6.07, 6.45) is -10.6. The molecular weight excluding hydrogens is 590 g/mol. The first-order valence-electron chi connectivity index (χ1n) is 11.7. The van der Waals surface area contributed by atoms with E-state index in [-0.39, 0.29) is 27.6 Å². The number of carbonyl (C=O) groups excluding carboxylic acids is 2. The van der Waals surface area contributed by atoms with E-state index in [1.165, 1.54) is 30.3 Å². The zero-order valence-electron chi connectivity index (χ0n) is 20.5. The van der Waals surface area contributed by atoms with Crippen molar-refractivity contribution >= 4 is 39.9 Å². The zero-order chi connectivity index (χ0) is 30.2. The molecule has 0 saturated heterocycles. The van der Waals surface area contributed by atoms with Crippen molar-refractivity contribution in [2.45, 2.75) is 31.0 Å². The van der Waals surface area contributed by atoms with Gasteiger partial charge in [-0.3, -0.25) is 9.59 Å². The summed E-state index contributed by atoms with van der Waals surface area (Å²) in [5, 5.41) is 7.23. The van der Waals surface area contributed by atoms with Crippen molar-refractivity contribution in [2.75, 3.05) is 13.1 Å². The Morgan fingerprint density at radius 2 is 1.68 bits per heavy atom. The molecule has 1 aliphatic rings. The molecule has 218 valence electrons. The topological polar surface area (TPSA) is 79.8 Å². The SMILES string of the molecule is O=C(CNC(=O)c1ccc(C2=NOC(c3cc(Cl)c(F)c(CF)c3)(C(F)(F)F)C2)c2ccccc12)NCC(F)(F)F. The molecule has 3 aromatic rings. The van der Waals surface area contributed by atoms with Crippen LogP contribution >= 0.6 is 11.6 Å². The Kier molecular flexibility index (Phi) is 8.16. The lowest BCUT2D eigenvalue weighted by atomic mass is 9.84. The molecule has 4 rings (SSSR count). The molecule has 0 spiro atoms. The normalized spacial score (nSPS) is 17.2. The van der Waals surface area contributed by atoms with Gasteiger partial charge in [-0.2, -0.15) is 26.3 Å². The Hall–Kier alpha value is -3.94. The molecule has 2 amide bonds. The number of carbonyl (C=O) groups is 2. The highest BCUT2D eigenvalue weighted by molar-refractivity contribution is 6.30. The smallest absolute Gasteiger partial charge is 0.374 e. The van der Waals surface area contributed by atoms with E-state index in [9.17, 15) is 44.7 Å². The molecular formula is C26H18ClF8N3O3. The molecule has 0 aliphatic carbocycles. The molecule has 1 heterocycles. The Morgan fingerprint density at radius 1 is 1.00 bits per heavy atom. The number of fused-ring (bicyclic) bond motifs is 1. The van der Waals surface area contributed by atoms with Crippen molar-refractivity contribution in [3.8, 4) is 0 Å². The van der Waals surface area contributed by atoms with Gasteiger partial charge in [0.2, 0.25) is 5.91 Å². The first kappa shape index (κ1) is 30.0.